The van der Waals surface area contributed by atoms with Crippen molar-refractivity contribution in [1.29, 1.82) is 5.26 Å². The Hall–Kier alpha value is -2.33. The molecule has 4 nitrogen and oxygen atoms in total. The number of hydrogen-bond donors (Lipinski definition) is 2. The number of anilines is 1. The fraction of sp³-hybridized carbons (Fsp3) is 0.111. The predicted octanol–water partition coefficient (Wildman–Crippen LogP) is 3.47. The van der Waals surface area contributed by atoms with Gasteiger partial charge in [0.1, 0.15) is 11.6 Å². The molecule has 2 aromatic rings. The maximum Gasteiger partial charge on any atom is 0.263 e. The number of benzene rings is 2. The third-order valence-electron chi connectivity index (χ3n) is 3.13. The van der Waals surface area contributed by atoms with Crippen molar-refractivity contribution in [1.82, 2.24) is 5.32 Å². The third kappa shape index (κ3) is 5.75. The minimum absolute atomic E-state index is 0.0524. The first-order chi connectivity index (χ1) is 11.2. The second-order valence-corrected chi connectivity index (χ2v) is 6.06. The van der Waals surface area contributed by atoms with E-state index in [1.54, 1.807) is 0 Å². The number of halogens is 1. The largest absolute Gasteiger partial charge is 0.360 e. The van der Waals surface area contributed by atoms with Crippen LogP contribution >= 0.6 is 22.6 Å². The summed E-state index contributed by atoms with van der Waals surface area (Å²) in [5.74, 6) is -0.374. The summed E-state index contributed by atoms with van der Waals surface area (Å²) >= 11 is 2.22. The van der Waals surface area contributed by atoms with E-state index in [0.717, 1.165) is 21.2 Å². The van der Waals surface area contributed by atoms with Gasteiger partial charge in [0.2, 0.25) is 0 Å². The maximum atomic E-state index is 12.0. The Bertz CT molecular complexity index is 718. The molecule has 1 amide bonds. The summed E-state index contributed by atoms with van der Waals surface area (Å²) in [6.45, 7) is 0.491. The zero-order valence-electron chi connectivity index (χ0n) is 12.4. The van der Waals surface area contributed by atoms with Crippen LogP contribution in [0.3, 0.4) is 0 Å². The van der Waals surface area contributed by atoms with E-state index in [4.69, 9.17) is 5.26 Å². The molecule has 0 fully saturated rings. The molecule has 0 heterocycles. The van der Waals surface area contributed by atoms with E-state index >= 15 is 0 Å². The summed E-state index contributed by atoms with van der Waals surface area (Å²) in [4.78, 5) is 12.0. The highest BCUT2D eigenvalue weighted by atomic mass is 127. The number of rotatable bonds is 6. The lowest BCUT2D eigenvalue weighted by Gasteiger charge is -2.05. The van der Waals surface area contributed by atoms with Gasteiger partial charge in [-0.1, -0.05) is 30.3 Å². The molecule has 0 aromatic heterocycles. The molecular weight excluding hydrogens is 401 g/mol. The molecule has 0 saturated carbocycles. The molecule has 0 atom stereocenters. The summed E-state index contributed by atoms with van der Waals surface area (Å²) in [6, 6.07) is 19.5. The van der Waals surface area contributed by atoms with Crippen molar-refractivity contribution >= 4 is 34.2 Å². The average molecular weight is 417 g/mol. The molecule has 2 aromatic carbocycles. The van der Waals surface area contributed by atoms with Crippen LogP contribution in [-0.2, 0) is 11.2 Å². The molecule has 2 rings (SSSR count). The van der Waals surface area contributed by atoms with Gasteiger partial charge in [-0.3, -0.25) is 4.79 Å². The van der Waals surface area contributed by atoms with Crippen molar-refractivity contribution in [2.75, 3.05) is 11.9 Å². The van der Waals surface area contributed by atoms with E-state index in [1.165, 1.54) is 6.20 Å². The van der Waals surface area contributed by atoms with Crippen LogP contribution in [0.1, 0.15) is 5.56 Å². The number of carbonyl (C=O) groups is 1. The zero-order valence-corrected chi connectivity index (χ0v) is 14.6. The van der Waals surface area contributed by atoms with E-state index in [9.17, 15) is 4.79 Å². The minimum Gasteiger partial charge on any atom is -0.360 e. The van der Waals surface area contributed by atoms with E-state index in [-0.39, 0.29) is 11.5 Å². The Morgan fingerprint density at radius 2 is 1.83 bits per heavy atom. The highest BCUT2D eigenvalue weighted by Gasteiger charge is 2.07. The van der Waals surface area contributed by atoms with Gasteiger partial charge in [-0.05, 0) is 58.8 Å². The van der Waals surface area contributed by atoms with Crippen LogP contribution in [-0.4, -0.2) is 12.5 Å². The lowest BCUT2D eigenvalue weighted by Crippen LogP contribution is -2.27. The summed E-state index contributed by atoms with van der Waals surface area (Å²) in [6.07, 6.45) is 2.16. The number of nitrogens with zero attached hydrogens (tertiary/aromatic N) is 1. The zero-order chi connectivity index (χ0) is 16.5. The normalized spacial score (nSPS) is 10.7. The SMILES string of the molecule is N#C/C(=C/Nc1ccc(I)cc1)C(=O)NCCc1ccccc1. The highest BCUT2D eigenvalue weighted by Crippen LogP contribution is 2.11. The lowest BCUT2D eigenvalue weighted by atomic mass is 10.1. The first-order valence-corrected chi connectivity index (χ1v) is 8.21. The molecule has 5 heteroatoms. The van der Waals surface area contributed by atoms with Crippen molar-refractivity contribution in [3.8, 4) is 6.07 Å². The third-order valence-corrected chi connectivity index (χ3v) is 3.85. The Kier molecular flexibility index (Phi) is 6.63. The van der Waals surface area contributed by atoms with E-state index < -0.39 is 0 Å². The Balaban J connectivity index is 1.86. The van der Waals surface area contributed by atoms with Crippen LogP contribution in [0.5, 0.6) is 0 Å². The monoisotopic (exact) mass is 417 g/mol. The van der Waals surface area contributed by atoms with Gasteiger partial charge < -0.3 is 10.6 Å². The van der Waals surface area contributed by atoms with E-state index in [1.807, 2.05) is 60.7 Å². The summed E-state index contributed by atoms with van der Waals surface area (Å²) in [7, 11) is 0. The second-order valence-electron chi connectivity index (χ2n) is 4.81. The molecule has 23 heavy (non-hydrogen) atoms. The molecule has 0 aliphatic heterocycles. The predicted molar refractivity (Wildman–Crippen MR) is 99.6 cm³/mol. The van der Waals surface area contributed by atoms with Gasteiger partial charge in [0.05, 0.1) is 0 Å². The first-order valence-electron chi connectivity index (χ1n) is 7.13. The lowest BCUT2D eigenvalue weighted by molar-refractivity contribution is -0.117. The van der Waals surface area contributed by atoms with Gasteiger partial charge in [-0.2, -0.15) is 5.26 Å². The fourth-order valence-corrected chi connectivity index (χ4v) is 2.27. The van der Waals surface area contributed by atoms with Crippen LogP contribution in [0.15, 0.2) is 66.4 Å². The van der Waals surface area contributed by atoms with Gasteiger partial charge >= 0.3 is 0 Å². The van der Waals surface area contributed by atoms with Crippen molar-refractivity contribution in [3.63, 3.8) is 0 Å². The molecule has 0 radical (unpaired) electrons. The van der Waals surface area contributed by atoms with Crippen LogP contribution in [0.2, 0.25) is 0 Å². The summed E-state index contributed by atoms with van der Waals surface area (Å²) in [5.41, 5.74) is 2.03. The van der Waals surface area contributed by atoms with E-state index in [0.29, 0.717) is 6.54 Å². The highest BCUT2D eigenvalue weighted by molar-refractivity contribution is 14.1. The van der Waals surface area contributed by atoms with Crippen molar-refractivity contribution < 1.29 is 4.79 Å². The molecule has 0 unspecified atom stereocenters. The van der Waals surface area contributed by atoms with Gasteiger partial charge in [0.15, 0.2) is 0 Å². The smallest absolute Gasteiger partial charge is 0.263 e. The topological polar surface area (TPSA) is 64.9 Å². The Morgan fingerprint density at radius 1 is 1.13 bits per heavy atom. The molecule has 0 spiro atoms. The number of amides is 1. The van der Waals surface area contributed by atoms with Crippen molar-refractivity contribution in [3.05, 3.63) is 75.5 Å². The standard InChI is InChI=1S/C18H16IN3O/c19-16-6-8-17(9-7-16)22-13-15(12-20)18(23)21-11-10-14-4-2-1-3-5-14/h1-9,13,22H,10-11H2,(H,21,23)/b15-13-. The molecule has 0 aliphatic carbocycles. The van der Waals surface area contributed by atoms with Gasteiger partial charge in [-0.15, -0.1) is 0 Å². The summed E-state index contributed by atoms with van der Waals surface area (Å²) in [5, 5.41) is 14.8. The molecule has 2 N–H and O–H groups in total. The van der Waals surface area contributed by atoms with Gasteiger partial charge in [0.25, 0.3) is 5.91 Å². The van der Waals surface area contributed by atoms with Crippen LogP contribution in [0, 0.1) is 14.9 Å². The Labute approximate surface area is 149 Å². The van der Waals surface area contributed by atoms with Crippen LogP contribution in [0.25, 0.3) is 0 Å². The first kappa shape index (κ1) is 17.0. The summed E-state index contributed by atoms with van der Waals surface area (Å²) < 4.78 is 1.12. The average Bonchev–Trinajstić information content (AvgIpc) is 2.58. The minimum atomic E-state index is -0.374. The molecule has 0 saturated heterocycles. The molecule has 0 bridgehead atoms. The van der Waals surface area contributed by atoms with Crippen molar-refractivity contribution in [2.45, 2.75) is 6.42 Å². The fourth-order valence-electron chi connectivity index (χ4n) is 1.91. The van der Waals surface area contributed by atoms with E-state index in [2.05, 4.69) is 33.2 Å². The Morgan fingerprint density at radius 3 is 2.48 bits per heavy atom. The molecular formula is C18H16IN3O. The maximum absolute atomic E-state index is 12.0. The second kappa shape index (κ2) is 8.96. The number of nitrogens with one attached hydrogen (secondary N) is 2. The number of nitriles is 1. The molecule has 0 aliphatic rings. The molecule has 116 valence electrons. The van der Waals surface area contributed by atoms with Gasteiger partial charge in [0, 0.05) is 22.0 Å². The van der Waals surface area contributed by atoms with Gasteiger partial charge in [-0.25, -0.2) is 0 Å². The van der Waals surface area contributed by atoms with Crippen molar-refractivity contribution in [2.24, 2.45) is 0 Å². The quantitative estimate of drug-likeness (QED) is 0.430. The van der Waals surface area contributed by atoms with Crippen LogP contribution < -0.4 is 10.6 Å². The van der Waals surface area contributed by atoms with Crippen LogP contribution in [0.4, 0.5) is 5.69 Å². The number of carbonyl (C=O) groups excluding carboxylic acids is 1. The number of hydrogen-bond acceptors (Lipinski definition) is 3.